The summed E-state index contributed by atoms with van der Waals surface area (Å²) < 4.78 is 2.00. The number of nitrogens with zero attached hydrogens (tertiary/aromatic N) is 6. The third-order valence-electron chi connectivity index (χ3n) is 3.41. The van der Waals surface area contributed by atoms with E-state index in [2.05, 4.69) is 25.1 Å². The van der Waals surface area contributed by atoms with Crippen molar-refractivity contribution in [2.45, 2.75) is 19.3 Å². The maximum atomic E-state index is 4.33. The molecule has 1 saturated heterocycles. The van der Waals surface area contributed by atoms with E-state index in [-0.39, 0.29) is 0 Å². The molecule has 1 unspecified atom stereocenters. The first-order valence-corrected chi connectivity index (χ1v) is 6.11. The summed E-state index contributed by atoms with van der Waals surface area (Å²) >= 11 is 0. The van der Waals surface area contributed by atoms with Crippen LogP contribution in [-0.4, -0.2) is 37.8 Å². The summed E-state index contributed by atoms with van der Waals surface area (Å²) in [5.74, 6) is 2.50. The number of aryl methyl sites for hydroxylation is 2. The molecule has 1 fully saturated rings. The highest BCUT2D eigenvalue weighted by Crippen LogP contribution is 2.28. The molecule has 0 amide bonds. The van der Waals surface area contributed by atoms with Crippen LogP contribution in [0.4, 0.5) is 5.82 Å². The molecular formula is C12H16N6. The highest BCUT2D eigenvalue weighted by atomic mass is 15.3. The van der Waals surface area contributed by atoms with Crippen molar-refractivity contribution >= 4 is 5.82 Å². The van der Waals surface area contributed by atoms with Crippen molar-refractivity contribution in [3.8, 4) is 0 Å². The van der Waals surface area contributed by atoms with Crippen LogP contribution in [0.3, 0.4) is 0 Å². The number of hydrogen-bond acceptors (Lipinski definition) is 5. The smallest absolute Gasteiger partial charge is 0.137 e. The molecular weight excluding hydrogens is 228 g/mol. The van der Waals surface area contributed by atoms with Gasteiger partial charge in [0.1, 0.15) is 24.3 Å². The largest absolute Gasteiger partial charge is 0.356 e. The first-order valence-electron chi connectivity index (χ1n) is 6.11. The molecule has 0 saturated carbocycles. The summed E-state index contributed by atoms with van der Waals surface area (Å²) in [4.78, 5) is 10.7. The number of anilines is 1. The molecule has 0 aromatic carbocycles. The van der Waals surface area contributed by atoms with Crippen LogP contribution in [-0.2, 0) is 7.05 Å². The molecule has 1 aliphatic heterocycles. The van der Waals surface area contributed by atoms with Crippen LogP contribution in [0.5, 0.6) is 0 Å². The maximum absolute atomic E-state index is 4.33. The topological polar surface area (TPSA) is 59.7 Å². The summed E-state index contributed by atoms with van der Waals surface area (Å²) in [7, 11) is 1.99. The lowest BCUT2D eigenvalue weighted by Gasteiger charge is -2.17. The van der Waals surface area contributed by atoms with Crippen molar-refractivity contribution in [2.24, 2.45) is 7.05 Å². The van der Waals surface area contributed by atoms with E-state index in [0.29, 0.717) is 5.92 Å². The molecule has 3 heterocycles. The van der Waals surface area contributed by atoms with Crippen molar-refractivity contribution in [3.63, 3.8) is 0 Å². The predicted molar refractivity (Wildman–Crippen MR) is 67.3 cm³/mol. The molecule has 2 aromatic heterocycles. The van der Waals surface area contributed by atoms with Crippen LogP contribution in [0.25, 0.3) is 0 Å². The van der Waals surface area contributed by atoms with Crippen LogP contribution >= 0.6 is 0 Å². The monoisotopic (exact) mass is 244 g/mol. The lowest BCUT2D eigenvalue weighted by molar-refractivity contribution is 0.662. The Labute approximate surface area is 106 Å². The standard InChI is InChI=1S/C12H16N6/c1-9-5-11(14-7-13-9)18-4-3-10(6-18)12-16-15-8-17(12)2/h5,7-8,10H,3-4,6H2,1-2H3. The molecule has 0 aliphatic carbocycles. The zero-order valence-electron chi connectivity index (χ0n) is 10.6. The van der Waals surface area contributed by atoms with Gasteiger partial charge in [-0.15, -0.1) is 10.2 Å². The van der Waals surface area contributed by atoms with Crippen molar-refractivity contribution < 1.29 is 0 Å². The second-order valence-electron chi connectivity index (χ2n) is 4.75. The van der Waals surface area contributed by atoms with E-state index < -0.39 is 0 Å². The Morgan fingerprint density at radius 3 is 2.94 bits per heavy atom. The van der Waals surface area contributed by atoms with Crippen LogP contribution in [0.1, 0.15) is 23.9 Å². The van der Waals surface area contributed by atoms with Gasteiger partial charge in [-0.25, -0.2) is 9.97 Å². The molecule has 6 nitrogen and oxygen atoms in total. The number of hydrogen-bond donors (Lipinski definition) is 0. The van der Waals surface area contributed by atoms with Crippen LogP contribution < -0.4 is 4.90 Å². The fourth-order valence-electron chi connectivity index (χ4n) is 2.45. The van der Waals surface area contributed by atoms with Crippen LogP contribution in [0.15, 0.2) is 18.7 Å². The van der Waals surface area contributed by atoms with Gasteiger partial charge < -0.3 is 9.47 Å². The minimum absolute atomic E-state index is 0.438. The van der Waals surface area contributed by atoms with E-state index in [1.807, 2.05) is 24.6 Å². The molecule has 2 aromatic rings. The van der Waals surface area contributed by atoms with E-state index in [1.54, 1.807) is 12.7 Å². The minimum atomic E-state index is 0.438. The molecule has 94 valence electrons. The SMILES string of the molecule is Cc1cc(N2CCC(c3nncn3C)C2)ncn1. The van der Waals surface area contributed by atoms with Gasteiger partial charge in [0.2, 0.25) is 0 Å². The fraction of sp³-hybridized carbons (Fsp3) is 0.500. The molecule has 0 bridgehead atoms. The van der Waals surface area contributed by atoms with Crippen LogP contribution in [0.2, 0.25) is 0 Å². The lowest BCUT2D eigenvalue weighted by Crippen LogP contribution is -2.21. The molecule has 0 N–H and O–H groups in total. The van der Waals surface area contributed by atoms with E-state index >= 15 is 0 Å². The van der Waals surface area contributed by atoms with Gasteiger partial charge in [-0.05, 0) is 13.3 Å². The first-order chi connectivity index (χ1) is 8.74. The molecule has 0 radical (unpaired) electrons. The van der Waals surface area contributed by atoms with E-state index in [4.69, 9.17) is 0 Å². The quantitative estimate of drug-likeness (QED) is 0.785. The van der Waals surface area contributed by atoms with Gasteiger partial charge in [-0.3, -0.25) is 0 Å². The normalized spacial score (nSPS) is 19.4. The summed E-state index contributed by atoms with van der Waals surface area (Å²) in [6.45, 7) is 3.94. The molecule has 3 rings (SSSR count). The Kier molecular flexibility index (Phi) is 2.70. The van der Waals surface area contributed by atoms with Gasteiger partial charge in [0.15, 0.2) is 0 Å². The Bertz CT molecular complexity index is 549. The number of aromatic nitrogens is 5. The van der Waals surface area contributed by atoms with Crippen molar-refractivity contribution in [1.82, 2.24) is 24.7 Å². The van der Waals surface area contributed by atoms with Gasteiger partial charge in [0.25, 0.3) is 0 Å². The third-order valence-corrected chi connectivity index (χ3v) is 3.41. The average Bonchev–Trinajstić information content (AvgIpc) is 2.97. The van der Waals surface area contributed by atoms with E-state index in [9.17, 15) is 0 Å². The lowest BCUT2D eigenvalue weighted by atomic mass is 10.1. The fourth-order valence-corrected chi connectivity index (χ4v) is 2.45. The third kappa shape index (κ3) is 1.94. The highest BCUT2D eigenvalue weighted by molar-refractivity contribution is 5.40. The van der Waals surface area contributed by atoms with Gasteiger partial charge in [0.05, 0.1) is 0 Å². The Morgan fingerprint density at radius 1 is 1.33 bits per heavy atom. The predicted octanol–water partition coefficient (Wildman–Crippen LogP) is 0.907. The zero-order chi connectivity index (χ0) is 12.5. The van der Waals surface area contributed by atoms with Crippen molar-refractivity contribution in [1.29, 1.82) is 0 Å². The van der Waals surface area contributed by atoms with Crippen molar-refractivity contribution in [2.75, 3.05) is 18.0 Å². The van der Waals surface area contributed by atoms with Crippen molar-refractivity contribution in [3.05, 3.63) is 30.2 Å². The highest BCUT2D eigenvalue weighted by Gasteiger charge is 2.27. The Morgan fingerprint density at radius 2 is 2.22 bits per heavy atom. The van der Waals surface area contributed by atoms with Crippen LogP contribution in [0, 0.1) is 6.92 Å². The maximum Gasteiger partial charge on any atom is 0.137 e. The average molecular weight is 244 g/mol. The summed E-state index contributed by atoms with van der Waals surface area (Å²) in [6.07, 6.45) is 4.47. The Hall–Kier alpha value is -1.98. The molecule has 18 heavy (non-hydrogen) atoms. The van der Waals surface area contributed by atoms with E-state index in [0.717, 1.165) is 36.8 Å². The van der Waals surface area contributed by atoms with Gasteiger partial charge in [0, 0.05) is 37.8 Å². The Balaban J connectivity index is 1.78. The second kappa shape index (κ2) is 4.36. The first kappa shape index (κ1) is 11.1. The molecule has 1 aliphatic rings. The van der Waals surface area contributed by atoms with Gasteiger partial charge in [-0.1, -0.05) is 0 Å². The second-order valence-corrected chi connectivity index (χ2v) is 4.75. The zero-order valence-corrected chi connectivity index (χ0v) is 10.6. The molecule has 6 heteroatoms. The number of rotatable bonds is 2. The summed E-state index contributed by atoms with van der Waals surface area (Å²) in [5.41, 5.74) is 1.00. The summed E-state index contributed by atoms with van der Waals surface area (Å²) in [5, 5.41) is 8.14. The molecule has 0 spiro atoms. The van der Waals surface area contributed by atoms with E-state index in [1.165, 1.54) is 0 Å². The van der Waals surface area contributed by atoms with Gasteiger partial charge >= 0.3 is 0 Å². The molecule has 1 atom stereocenters. The minimum Gasteiger partial charge on any atom is -0.356 e. The van der Waals surface area contributed by atoms with Gasteiger partial charge in [-0.2, -0.15) is 0 Å². The summed E-state index contributed by atoms with van der Waals surface area (Å²) in [6, 6.07) is 2.03.